The molecular formula is C27H34ClN5O4. The molecule has 0 aliphatic rings. The Morgan fingerprint density at radius 1 is 1.11 bits per heavy atom. The van der Waals surface area contributed by atoms with Gasteiger partial charge in [0.15, 0.2) is 0 Å². The van der Waals surface area contributed by atoms with Crippen molar-refractivity contribution in [1.82, 2.24) is 25.1 Å². The molecule has 37 heavy (non-hydrogen) atoms. The van der Waals surface area contributed by atoms with Gasteiger partial charge in [-0.1, -0.05) is 41.9 Å². The Bertz CT molecular complexity index is 1300. The fourth-order valence-corrected chi connectivity index (χ4v) is 3.90. The molecule has 0 fully saturated rings. The first-order valence-electron chi connectivity index (χ1n) is 12.1. The molecule has 2 amide bonds. The Labute approximate surface area is 221 Å². The first-order chi connectivity index (χ1) is 17.5. The second kappa shape index (κ2) is 12.2. The van der Waals surface area contributed by atoms with Crippen LogP contribution in [0.1, 0.15) is 44.6 Å². The Morgan fingerprint density at radius 2 is 1.81 bits per heavy atom. The molecule has 1 atom stereocenters. The van der Waals surface area contributed by atoms with Gasteiger partial charge in [0, 0.05) is 25.7 Å². The summed E-state index contributed by atoms with van der Waals surface area (Å²) < 4.78 is 6.78. The van der Waals surface area contributed by atoms with Crippen LogP contribution in [0.4, 0.5) is 4.79 Å². The maximum atomic E-state index is 13.6. The Hall–Kier alpha value is -3.43. The molecule has 0 spiro atoms. The molecule has 10 heteroatoms. The van der Waals surface area contributed by atoms with E-state index in [2.05, 4.69) is 10.6 Å². The monoisotopic (exact) mass is 527 g/mol. The van der Waals surface area contributed by atoms with Crippen molar-refractivity contribution in [2.45, 2.75) is 45.4 Å². The van der Waals surface area contributed by atoms with E-state index in [0.29, 0.717) is 41.3 Å². The smallest absolute Gasteiger partial charge is 0.407 e. The molecule has 0 aliphatic carbocycles. The van der Waals surface area contributed by atoms with Crippen LogP contribution in [0.15, 0.2) is 53.3 Å². The van der Waals surface area contributed by atoms with Crippen LogP contribution in [0.5, 0.6) is 0 Å². The zero-order valence-corrected chi connectivity index (χ0v) is 22.6. The average Bonchev–Trinajstić information content (AvgIpc) is 2.82. The van der Waals surface area contributed by atoms with Gasteiger partial charge in [-0.3, -0.25) is 19.5 Å². The van der Waals surface area contributed by atoms with E-state index in [1.807, 2.05) is 30.3 Å². The van der Waals surface area contributed by atoms with Crippen molar-refractivity contribution < 1.29 is 14.3 Å². The summed E-state index contributed by atoms with van der Waals surface area (Å²) in [5.41, 5.74) is 0.476. The molecule has 9 nitrogen and oxygen atoms in total. The summed E-state index contributed by atoms with van der Waals surface area (Å²) in [6.07, 6.45) is 0.0249. The van der Waals surface area contributed by atoms with E-state index in [0.717, 1.165) is 5.56 Å². The largest absolute Gasteiger partial charge is 0.444 e. The Morgan fingerprint density at radius 3 is 2.46 bits per heavy atom. The number of rotatable bonds is 9. The van der Waals surface area contributed by atoms with E-state index in [-0.39, 0.29) is 18.0 Å². The predicted octanol–water partition coefficient (Wildman–Crippen LogP) is 3.73. The van der Waals surface area contributed by atoms with E-state index in [9.17, 15) is 14.4 Å². The molecular weight excluding hydrogens is 494 g/mol. The number of amides is 2. The summed E-state index contributed by atoms with van der Waals surface area (Å²) in [5, 5.41) is 6.80. The first kappa shape index (κ1) is 28.1. The van der Waals surface area contributed by atoms with E-state index >= 15 is 0 Å². The SMILES string of the molecule is CN(C)C(=O)C(NCCCNC(=O)OC(C)(C)C)c1nc2cc(Cl)ccc2c(=O)n1Cc1ccccc1. The number of hydrogen-bond donors (Lipinski definition) is 2. The van der Waals surface area contributed by atoms with Gasteiger partial charge in [0.1, 0.15) is 17.5 Å². The topological polar surface area (TPSA) is 106 Å². The van der Waals surface area contributed by atoms with E-state index in [1.54, 1.807) is 53.1 Å². The minimum atomic E-state index is -0.892. The number of carbonyl (C=O) groups is 2. The number of hydrogen-bond acceptors (Lipinski definition) is 6. The summed E-state index contributed by atoms with van der Waals surface area (Å²) in [6.45, 7) is 6.37. The fraction of sp³-hybridized carbons (Fsp3) is 0.407. The van der Waals surface area contributed by atoms with Crippen LogP contribution in [-0.4, -0.2) is 59.2 Å². The summed E-state index contributed by atoms with van der Waals surface area (Å²) in [7, 11) is 3.30. The minimum absolute atomic E-state index is 0.250. The number of aromatic nitrogens is 2. The summed E-state index contributed by atoms with van der Waals surface area (Å²) in [4.78, 5) is 45.0. The third-order valence-corrected chi connectivity index (χ3v) is 5.68. The van der Waals surface area contributed by atoms with E-state index in [1.165, 1.54) is 9.47 Å². The number of benzene rings is 2. The number of likely N-dealkylation sites (N-methyl/N-ethyl adjacent to an activating group) is 1. The van der Waals surface area contributed by atoms with Crippen LogP contribution in [0, 0.1) is 0 Å². The number of nitrogens with one attached hydrogen (secondary N) is 2. The second-order valence-electron chi connectivity index (χ2n) is 9.91. The highest BCUT2D eigenvalue weighted by Crippen LogP contribution is 2.20. The van der Waals surface area contributed by atoms with Crippen LogP contribution in [-0.2, 0) is 16.1 Å². The van der Waals surface area contributed by atoms with Crippen LogP contribution in [0.25, 0.3) is 10.9 Å². The third-order valence-electron chi connectivity index (χ3n) is 5.45. The molecule has 0 bridgehead atoms. The molecule has 0 aliphatic heterocycles. The van der Waals surface area contributed by atoms with Gasteiger partial charge in [0.2, 0.25) is 5.91 Å². The van der Waals surface area contributed by atoms with Crippen molar-refractivity contribution in [3.8, 4) is 0 Å². The van der Waals surface area contributed by atoms with Crippen molar-refractivity contribution in [3.63, 3.8) is 0 Å². The van der Waals surface area contributed by atoms with Crippen LogP contribution >= 0.6 is 11.6 Å². The number of alkyl carbamates (subject to hydrolysis) is 1. The molecule has 2 aromatic carbocycles. The number of halogens is 1. The zero-order valence-electron chi connectivity index (χ0n) is 21.9. The number of ether oxygens (including phenoxy) is 1. The lowest BCUT2D eigenvalue weighted by Crippen LogP contribution is -2.42. The second-order valence-corrected chi connectivity index (χ2v) is 10.3. The molecule has 1 heterocycles. The Kier molecular flexibility index (Phi) is 9.29. The highest BCUT2D eigenvalue weighted by molar-refractivity contribution is 6.31. The van der Waals surface area contributed by atoms with E-state index in [4.69, 9.17) is 21.3 Å². The minimum Gasteiger partial charge on any atom is -0.444 e. The lowest BCUT2D eigenvalue weighted by atomic mass is 10.1. The number of fused-ring (bicyclic) bond motifs is 1. The van der Waals surface area contributed by atoms with Gasteiger partial charge in [-0.15, -0.1) is 0 Å². The normalized spacial score (nSPS) is 12.3. The van der Waals surface area contributed by atoms with Crippen molar-refractivity contribution in [1.29, 1.82) is 0 Å². The number of nitrogens with zero attached hydrogens (tertiary/aromatic N) is 3. The molecule has 198 valence electrons. The van der Waals surface area contributed by atoms with Gasteiger partial charge in [-0.05, 0) is 57.5 Å². The van der Waals surface area contributed by atoms with Crippen LogP contribution < -0.4 is 16.2 Å². The van der Waals surface area contributed by atoms with Gasteiger partial charge >= 0.3 is 6.09 Å². The molecule has 0 saturated heterocycles. The standard InChI is InChI=1S/C27H34ClN5O4/c1-27(2,3)37-26(36)30-15-9-14-29-22(25(35)32(4)5)23-31-21-16-19(28)12-13-20(21)24(34)33(23)17-18-10-7-6-8-11-18/h6-8,10-13,16,22,29H,9,14-15,17H2,1-5H3,(H,30,36). The maximum Gasteiger partial charge on any atom is 0.407 e. The molecule has 0 saturated carbocycles. The molecule has 2 N–H and O–H groups in total. The zero-order chi connectivity index (χ0) is 27.2. The predicted molar refractivity (Wildman–Crippen MR) is 145 cm³/mol. The van der Waals surface area contributed by atoms with Gasteiger partial charge in [-0.2, -0.15) is 0 Å². The quantitative estimate of drug-likeness (QED) is 0.411. The van der Waals surface area contributed by atoms with Gasteiger partial charge < -0.3 is 15.0 Å². The summed E-state index contributed by atoms with van der Waals surface area (Å²) in [6, 6.07) is 13.6. The van der Waals surface area contributed by atoms with Gasteiger partial charge in [0.05, 0.1) is 17.4 Å². The van der Waals surface area contributed by atoms with Crippen molar-refractivity contribution in [3.05, 3.63) is 75.3 Å². The molecule has 1 aromatic heterocycles. The van der Waals surface area contributed by atoms with Crippen LogP contribution in [0.3, 0.4) is 0 Å². The molecule has 0 radical (unpaired) electrons. The first-order valence-corrected chi connectivity index (χ1v) is 12.5. The van der Waals surface area contributed by atoms with Crippen molar-refractivity contribution in [2.75, 3.05) is 27.2 Å². The highest BCUT2D eigenvalue weighted by atomic mass is 35.5. The Balaban J connectivity index is 1.91. The fourth-order valence-electron chi connectivity index (χ4n) is 3.74. The number of carbonyl (C=O) groups excluding carboxylic acids is 2. The van der Waals surface area contributed by atoms with Crippen molar-refractivity contribution in [2.24, 2.45) is 0 Å². The van der Waals surface area contributed by atoms with E-state index < -0.39 is 17.7 Å². The van der Waals surface area contributed by atoms with Gasteiger partial charge in [-0.25, -0.2) is 9.78 Å². The van der Waals surface area contributed by atoms with Gasteiger partial charge in [0.25, 0.3) is 5.56 Å². The lowest BCUT2D eigenvalue weighted by molar-refractivity contribution is -0.131. The lowest BCUT2D eigenvalue weighted by Gasteiger charge is -2.25. The summed E-state index contributed by atoms with van der Waals surface area (Å²) >= 11 is 6.19. The summed E-state index contributed by atoms with van der Waals surface area (Å²) in [5.74, 6) is 0.0395. The highest BCUT2D eigenvalue weighted by Gasteiger charge is 2.28. The molecule has 3 rings (SSSR count). The van der Waals surface area contributed by atoms with Crippen molar-refractivity contribution >= 4 is 34.5 Å². The average molecular weight is 528 g/mol. The third kappa shape index (κ3) is 7.77. The maximum absolute atomic E-state index is 13.6. The molecule has 3 aromatic rings. The molecule has 1 unspecified atom stereocenters. The van der Waals surface area contributed by atoms with Crippen LogP contribution in [0.2, 0.25) is 5.02 Å².